The maximum absolute atomic E-state index is 9.55. The number of aromatic amines is 1. The topological polar surface area (TPSA) is 61.7 Å². The molecule has 1 aromatic carbocycles. The van der Waals surface area contributed by atoms with Crippen LogP contribution in [0.4, 0.5) is 0 Å². The second-order valence-corrected chi connectivity index (χ2v) is 5.58. The summed E-state index contributed by atoms with van der Waals surface area (Å²) in [6.07, 6.45) is 5.29. The first-order valence-electron chi connectivity index (χ1n) is 6.60. The number of hydrogen-bond donors (Lipinski definition) is 1. The lowest BCUT2D eigenvalue weighted by atomic mass is 10.0. The Hall–Kier alpha value is -2.58. The summed E-state index contributed by atoms with van der Waals surface area (Å²) in [6.45, 7) is 0. The molecule has 3 rings (SSSR count). The zero-order valence-corrected chi connectivity index (χ0v) is 13.4. The molecule has 1 N–H and O–H groups in total. The maximum atomic E-state index is 9.55. The molecule has 0 fully saturated rings. The van der Waals surface area contributed by atoms with Gasteiger partial charge in [-0.25, -0.2) is 4.98 Å². The molecule has 0 spiro atoms. The van der Waals surface area contributed by atoms with Crippen LogP contribution >= 0.6 is 15.9 Å². The fraction of sp³-hybridized carbons (Fsp3) is 0.0588. The van der Waals surface area contributed by atoms with Gasteiger partial charge in [0.15, 0.2) is 0 Å². The molecule has 2 aromatic heterocycles. The quantitative estimate of drug-likeness (QED) is 0.709. The lowest BCUT2D eigenvalue weighted by Gasteiger charge is -2.03. The summed E-state index contributed by atoms with van der Waals surface area (Å²) in [4.78, 5) is 7.34. The van der Waals surface area contributed by atoms with Crippen LogP contribution < -0.4 is 4.74 Å². The number of aromatic nitrogens is 2. The molecule has 0 aliphatic heterocycles. The molecule has 0 unspecified atom stereocenters. The first-order valence-corrected chi connectivity index (χ1v) is 7.40. The zero-order chi connectivity index (χ0) is 15.5. The van der Waals surface area contributed by atoms with Crippen molar-refractivity contribution in [3.8, 4) is 11.9 Å². The minimum atomic E-state index is 0.497. The van der Waals surface area contributed by atoms with Crippen LogP contribution in [-0.4, -0.2) is 17.1 Å². The second kappa shape index (κ2) is 6.04. The molecule has 0 aliphatic rings. The van der Waals surface area contributed by atoms with Crippen molar-refractivity contribution in [3.05, 3.63) is 58.3 Å². The largest absolute Gasteiger partial charge is 0.481 e. The highest BCUT2D eigenvalue weighted by Crippen LogP contribution is 2.29. The summed E-state index contributed by atoms with van der Waals surface area (Å²) < 4.78 is 6.20. The van der Waals surface area contributed by atoms with E-state index >= 15 is 0 Å². The van der Waals surface area contributed by atoms with Gasteiger partial charge < -0.3 is 9.72 Å². The number of nitriles is 1. The van der Waals surface area contributed by atoms with E-state index in [1.807, 2.05) is 36.5 Å². The van der Waals surface area contributed by atoms with Crippen molar-refractivity contribution in [2.24, 2.45) is 0 Å². The Morgan fingerprint density at radius 1 is 1.41 bits per heavy atom. The first kappa shape index (κ1) is 14.4. The molecule has 3 aromatic rings. The van der Waals surface area contributed by atoms with E-state index in [0.29, 0.717) is 11.5 Å². The highest BCUT2D eigenvalue weighted by atomic mass is 79.9. The smallest absolute Gasteiger partial charge is 0.220 e. The SMILES string of the molecule is COc1ncccc1/C=C(\C#N)c1c[nH]c2ccc(Br)cc12. The van der Waals surface area contributed by atoms with Crippen LogP contribution in [0.2, 0.25) is 0 Å². The predicted molar refractivity (Wildman–Crippen MR) is 90.3 cm³/mol. The normalized spacial score (nSPS) is 11.4. The monoisotopic (exact) mass is 353 g/mol. The van der Waals surface area contributed by atoms with E-state index in [0.717, 1.165) is 26.5 Å². The average molecular weight is 354 g/mol. The number of hydrogen-bond acceptors (Lipinski definition) is 3. The minimum absolute atomic E-state index is 0.497. The van der Waals surface area contributed by atoms with Crippen molar-refractivity contribution in [3.63, 3.8) is 0 Å². The molecule has 0 saturated heterocycles. The van der Waals surface area contributed by atoms with Crippen LogP contribution in [0.15, 0.2) is 47.2 Å². The number of allylic oxidation sites excluding steroid dienone is 1. The summed E-state index contributed by atoms with van der Waals surface area (Å²) in [7, 11) is 1.56. The van der Waals surface area contributed by atoms with Crippen LogP contribution in [0, 0.1) is 11.3 Å². The number of H-pyrrole nitrogens is 1. The number of ether oxygens (including phenoxy) is 1. The Balaban J connectivity index is 2.16. The van der Waals surface area contributed by atoms with Gasteiger partial charge in [0.1, 0.15) is 0 Å². The van der Waals surface area contributed by atoms with Crippen molar-refractivity contribution >= 4 is 38.5 Å². The van der Waals surface area contributed by atoms with Gasteiger partial charge in [0, 0.05) is 38.9 Å². The molecule has 5 heteroatoms. The van der Waals surface area contributed by atoms with E-state index < -0.39 is 0 Å². The Morgan fingerprint density at radius 3 is 3.05 bits per heavy atom. The molecular formula is C17H12BrN3O. The number of benzene rings is 1. The van der Waals surface area contributed by atoms with Crippen molar-refractivity contribution in [2.45, 2.75) is 0 Å². The van der Waals surface area contributed by atoms with Gasteiger partial charge in [-0.2, -0.15) is 5.26 Å². The Morgan fingerprint density at radius 2 is 2.27 bits per heavy atom. The molecule has 2 heterocycles. The van der Waals surface area contributed by atoms with Gasteiger partial charge in [-0.3, -0.25) is 0 Å². The summed E-state index contributed by atoms with van der Waals surface area (Å²) in [5.74, 6) is 0.497. The second-order valence-electron chi connectivity index (χ2n) is 4.66. The predicted octanol–water partition coefficient (Wildman–Crippen LogP) is 4.40. The Kier molecular flexibility index (Phi) is 3.94. The number of fused-ring (bicyclic) bond motifs is 1. The van der Waals surface area contributed by atoms with Gasteiger partial charge in [-0.05, 0) is 36.4 Å². The standard InChI is InChI=1S/C17H12BrN3O/c1-22-17-11(3-2-6-20-17)7-12(9-19)15-10-21-16-5-4-13(18)8-14(15)16/h2-8,10,21H,1H3/b12-7+. The fourth-order valence-corrected chi connectivity index (χ4v) is 2.69. The highest BCUT2D eigenvalue weighted by Gasteiger charge is 2.10. The van der Waals surface area contributed by atoms with Crippen molar-refractivity contribution < 1.29 is 4.74 Å². The molecule has 0 aliphatic carbocycles. The minimum Gasteiger partial charge on any atom is -0.481 e. The summed E-state index contributed by atoms with van der Waals surface area (Å²) in [5, 5.41) is 10.5. The van der Waals surface area contributed by atoms with Crippen molar-refractivity contribution in [2.75, 3.05) is 7.11 Å². The molecule has 0 bridgehead atoms. The molecule has 4 nitrogen and oxygen atoms in total. The van der Waals surface area contributed by atoms with E-state index in [-0.39, 0.29) is 0 Å². The van der Waals surface area contributed by atoms with Crippen LogP contribution in [0.1, 0.15) is 11.1 Å². The average Bonchev–Trinajstić information content (AvgIpc) is 2.95. The van der Waals surface area contributed by atoms with Crippen LogP contribution in [0.5, 0.6) is 5.88 Å². The van der Waals surface area contributed by atoms with Gasteiger partial charge in [-0.1, -0.05) is 15.9 Å². The molecular weight excluding hydrogens is 342 g/mol. The van der Waals surface area contributed by atoms with E-state index in [9.17, 15) is 5.26 Å². The van der Waals surface area contributed by atoms with E-state index in [2.05, 4.69) is 32.0 Å². The molecule has 0 atom stereocenters. The third-order valence-corrected chi connectivity index (χ3v) is 3.84. The highest BCUT2D eigenvalue weighted by molar-refractivity contribution is 9.10. The molecule has 0 saturated carbocycles. The fourth-order valence-electron chi connectivity index (χ4n) is 2.33. The van der Waals surface area contributed by atoms with Crippen LogP contribution in [0.25, 0.3) is 22.6 Å². The summed E-state index contributed by atoms with van der Waals surface area (Å²) >= 11 is 3.47. The van der Waals surface area contributed by atoms with Crippen LogP contribution in [0.3, 0.4) is 0 Å². The van der Waals surface area contributed by atoms with Gasteiger partial charge in [0.2, 0.25) is 5.88 Å². The van der Waals surface area contributed by atoms with E-state index in [1.54, 1.807) is 19.4 Å². The lowest BCUT2D eigenvalue weighted by molar-refractivity contribution is 0.397. The number of rotatable bonds is 3. The molecule has 0 radical (unpaired) electrons. The number of nitrogens with zero attached hydrogens (tertiary/aromatic N) is 2. The number of methoxy groups -OCH3 is 1. The van der Waals surface area contributed by atoms with Gasteiger partial charge >= 0.3 is 0 Å². The third kappa shape index (κ3) is 2.61. The van der Waals surface area contributed by atoms with Crippen LogP contribution in [-0.2, 0) is 0 Å². The van der Waals surface area contributed by atoms with E-state index in [1.165, 1.54) is 0 Å². The zero-order valence-electron chi connectivity index (χ0n) is 11.8. The summed E-state index contributed by atoms with van der Waals surface area (Å²) in [6, 6.07) is 11.9. The third-order valence-electron chi connectivity index (χ3n) is 3.35. The first-order chi connectivity index (χ1) is 10.7. The van der Waals surface area contributed by atoms with E-state index in [4.69, 9.17) is 4.74 Å². The number of nitrogens with one attached hydrogen (secondary N) is 1. The number of pyridine rings is 1. The molecule has 108 valence electrons. The lowest BCUT2D eigenvalue weighted by Crippen LogP contribution is -1.90. The Bertz CT molecular complexity index is 906. The summed E-state index contributed by atoms with van der Waals surface area (Å²) in [5.41, 5.74) is 3.16. The maximum Gasteiger partial charge on any atom is 0.220 e. The van der Waals surface area contributed by atoms with Gasteiger partial charge in [0.05, 0.1) is 18.8 Å². The van der Waals surface area contributed by atoms with Crippen molar-refractivity contribution in [1.82, 2.24) is 9.97 Å². The van der Waals surface area contributed by atoms with Gasteiger partial charge in [-0.15, -0.1) is 0 Å². The molecule has 22 heavy (non-hydrogen) atoms. The van der Waals surface area contributed by atoms with Gasteiger partial charge in [0.25, 0.3) is 0 Å². The molecule has 0 amide bonds. The number of halogens is 1. The Labute approximate surface area is 136 Å². The van der Waals surface area contributed by atoms with Crippen molar-refractivity contribution in [1.29, 1.82) is 5.26 Å².